The van der Waals surface area contributed by atoms with Crippen molar-refractivity contribution in [2.75, 3.05) is 5.32 Å². The molecular weight excluding hydrogens is 200 g/mol. The molecule has 0 aliphatic rings. The van der Waals surface area contributed by atoms with Gasteiger partial charge in [-0.15, -0.1) is 0 Å². The fourth-order valence-electron chi connectivity index (χ4n) is 0.784. The largest absolute Gasteiger partial charge is 0.368 e. The van der Waals surface area contributed by atoms with Gasteiger partial charge in [-0.3, -0.25) is 4.79 Å². The summed E-state index contributed by atoms with van der Waals surface area (Å²) in [6, 6.07) is -0.414. The number of amides is 1. The smallest absolute Gasteiger partial charge is 0.239 e. The molecule has 0 radical (unpaired) electrons. The van der Waals surface area contributed by atoms with Crippen LogP contribution in [0.25, 0.3) is 0 Å². The van der Waals surface area contributed by atoms with Crippen LogP contribution in [0.1, 0.15) is 32.5 Å². The molecule has 0 spiro atoms. The monoisotopic (exact) mass is 214 g/mol. The summed E-state index contributed by atoms with van der Waals surface area (Å²) in [6.45, 7) is 5.73. The first-order chi connectivity index (χ1) is 6.50. The maximum Gasteiger partial charge on any atom is 0.239 e. The van der Waals surface area contributed by atoms with Crippen LogP contribution >= 0.6 is 11.5 Å². The molecule has 1 rings (SSSR count). The van der Waals surface area contributed by atoms with Crippen molar-refractivity contribution in [3.8, 4) is 0 Å². The van der Waals surface area contributed by atoms with Gasteiger partial charge >= 0.3 is 0 Å². The molecule has 0 bridgehead atoms. The van der Waals surface area contributed by atoms with Gasteiger partial charge in [0.05, 0.1) is 0 Å². The van der Waals surface area contributed by atoms with Gasteiger partial charge in [-0.1, -0.05) is 13.8 Å². The molecule has 1 heterocycles. The van der Waals surface area contributed by atoms with Crippen LogP contribution in [0.3, 0.4) is 0 Å². The van der Waals surface area contributed by atoms with Crippen LogP contribution in [0.15, 0.2) is 0 Å². The third-order valence-electron chi connectivity index (χ3n) is 1.72. The van der Waals surface area contributed by atoms with E-state index in [1.165, 1.54) is 11.5 Å². The Hall–Kier alpha value is -1.17. The number of rotatable bonds is 4. The summed E-state index contributed by atoms with van der Waals surface area (Å²) in [7, 11) is 0. The Bertz CT molecular complexity index is 323. The Labute approximate surface area is 86.9 Å². The van der Waals surface area contributed by atoms with Crippen LogP contribution in [0.4, 0.5) is 5.13 Å². The number of primary amides is 1. The minimum atomic E-state index is -0.414. The lowest BCUT2D eigenvalue weighted by Crippen LogP contribution is -2.32. The van der Waals surface area contributed by atoms with E-state index in [1.54, 1.807) is 6.92 Å². The quantitative estimate of drug-likeness (QED) is 0.781. The Kier molecular flexibility index (Phi) is 3.40. The van der Waals surface area contributed by atoms with Crippen LogP contribution in [-0.4, -0.2) is 21.3 Å². The van der Waals surface area contributed by atoms with Crippen LogP contribution in [0, 0.1) is 0 Å². The summed E-state index contributed by atoms with van der Waals surface area (Å²) in [4.78, 5) is 15.0. The number of nitrogens with zero attached hydrogens (tertiary/aromatic N) is 2. The van der Waals surface area contributed by atoms with Crippen molar-refractivity contribution in [1.29, 1.82) is 0 Å². The third-order valence-corrected chi connectivity index (χ3v) is 2.39. The summed E-state index contributed by atoms with van der Waals surface area (Å²) in [5.74, 6) is 0.686. The molecule has 0 aliphatic heterocycles. The van der Waals surface area contributed by atoms with E-state index in [-0.39, 0.29) is 0 Å². The second kappa shape index (κ2) is 4.36. The maximum absolute atomic E-state index is 10.8. The van der Waals surface area contributed by atoms with Crippen molar-refractivity contribution >= 4 is 22.6 Å². The topological polar surface area (TPSA) is 80.9 Å². The van der Waals surface area contributed by atoms with Crippen molar-refractivity contribution in [1.82, 2.24) is 9.36 Å². The predicted molar refractivity (Wildman–Crippen MR) is 56.3 cm³/mol. The van der Waals surface area contributed by atoms with Crippen molar-refractivity contribution in [2.24, 2.45) is 5.73 Å². The lowest BCUT2D eigenvalue weighted by molar-refractivity contribution is -0.118. The molecule has 0 saturated heterocycles. The first-order valence-electron chi connectivity index (χ1n) is 4.40. The number of carbonyl (C=O) groups is 1. The minimum Gasteiger partial charge on any atom is -0.368 e. The van der Waals surface area contributed by atoms with E-state index in [9.17, 15) is 4.79 Å². The molecule has 5 nitrogen and oxygen atoms in total. The molecule has 1 aromatic rings. The molecule has 1 atom stereocenters. The molecule has 0 saturated carbocycles. The molecule has 1 amide bonds. The van der Waals surface area contributed by atoms with Crippen LogP contribution in [0.2, 0.25) is 0 Å². The zero-order chi connectivity index (χ0) is 10.7. The van der Waals surface area contributed by atoms with E-state index in [4.69, 9.17) is 5.73 Å². The standard InChI is InChI=1S/C8H14N4OS/c1-4(2)7-11-8(14-12-7)10-5(3)6(9)13/h4-5H,1-3H3,(H2,9,13)(H,10,11,12). The van der Waals surface area contributed by atoms with Gasteiger partial charge in [-0.05, 0) is 6.92 Å². The van der Waals surface area contributed by atoms with Gasteiger partial charge in [-0.2, -0.15) is 4.37 Å². The summed E-state index contributed by atoms with van der Waals surface area (Å²) in [5.41, 5.74) is 5.11. The number of hydrogen-bond acceptors (Lipinski definition) is 5. The summed E-state index contributed by atoms with van der Waals surface area (Å²) < 4.78 is 4.14. The van der Waals surface area contributed by atoms with Gasteiger partial charge in [-0.25, -0.2) is 4.98 Å². The average Bonchev–Trinajstić information content (AvgIpc) is 2.52. The highest BCUT2D eigenvalue weighted by molar-refractivity contribution is 7.09. The number of hydrogen-bond donors (Lipinski definition) is 2. The Morgan fingerprint density at radius 1 is 1.50 bits per heavy atom. The van der Waals surface area contributed by atoms with Gasteiger partial charge in [0, 0.05) is 17.5 Å². The fourth-order valence-corrected chi connectivity index (χ4v) is 1.58. The first-order valence-corrected chi connectivity index (χ1v) is 5.17. The van der Waals surface area contributed by atoms with E-state index < -0.39 is 11.9 Å². The van der Waals surface area contributed by atoms with E-state index in [1.807, 2.05) is 13.8 Å². The fraction of sp³-hybridized carbons (Fsp3) is 0.625. The van der Waals surface area contributed by atoms with E-state index in [0.717, 1.165) is 5.82 Å². The van der Waals surface area contributed by atoms with Crippen LogP contribution in [-0.2, 0) is 4.79 Å². The average molecular weight is 214 g/mol. The minimum absolute atomic E-state index is 0.297. The second-order valence-electron chi connectivity index (χ2n) is 3.38. The Morgan fingerprint density at radius 3 is 2.57 bits per heavy atom. The van der Waals surface area contributed by atoms with Crippen LogP contribution in [0.5, 0.6) is 0 Å². The lowest BCUT2D eigenvalue weighted by atomic mass is 10.2. The molecule has 1 unspecified atom stereocenters. The maximum atomic E-state index is 10.8. The number of aromatic nitrogens is 2. The molecule has 14 heavy (non-hydrogen) atoms. The van der Waals surface area contributed by atoms with Crippen molar-refractivity contribution in [3.63, 3.8) is 0 Å². The molecule has 78 valence electrons. The zero-order valence-corrected chi connectivity index (χ0v) is 9.26. The molecule has 1 aromatic heterocycles. The number of nitrogens with two attached hydrogens (primary N) is 1. The molecule has 0 aromatic carbocycles. The Balaban J connectivity index is 2.64. The van der Waals surface area contributed by atoms with E-state index in [2.05, 4.69) is 14.7 Å². The number of carbonyl (C=O) groups excluding carboxylic acids is 1. The molecule has 6 heteroatoms. The van der Waals surface area contributed by atoms with Crippen molar-refractivity contribution < 1.29 is 4.79 Å². The zero-order valence-electron chi connectivity index (χ0n) is 8.44. The third kappa shape index (κ3) is 2.66. The normalized spacial score (nSPS) is 12.9. The molecule has 0 fully saturated rings. The first kappa shape index (κ1) is 10.9. The van der Waals surface area contributed by atoms with E-state index >= 15 is 0 Å². The van der Waals surface area contributed by atoms with Gasteiger partial charge in [0.25, 0.3) is 0 Å². The molecule has 0 aliphatic carbocycles. The Morgan fingerprint density at radius 2 is 2.14 bits per heavy atom. The lowest BCUT2D eigenvalue weighted by Gasteiger charge is -2.06. The van der Waals surface area contributed by atoms with Crippen molar-refractivity contribution in [2.45, 2.75) is 32.7 Å². The number of anilines is 1. The van der Waals surface area contributed by atoms with Gasteiger partial charge in [0.15, 0.2) is 0 Å². The molecule has 3 N–H and O–H groups in total. The highest BCUT2D eigenvalue weighted by Crippen LogP contribution is 2.17. The van der Waals surface area contributed by atoms with Gasteiger partial charge in [0.1, 0.15) is 11.9 Å². The van der Waals surface area contributed by atoms with Crippen LogP contribution < -0.4 is 11.1 Å². The van der Waals surface area contributed by atoms with E-state index in [0.29, 0.717) is 11.0 Å². The number of nitrogens with one attached hydrogen (secondary N) is 1. The predicted octanol–water partition coefficient (Wildman–Crippen LogP) is 0.947. The SMILES string of the molecule is CC(Nc1nc(C(C)C)ns1)C(N)=O. The second-order valence-corrected chi connectivity index (χ2v) is 4.13. The van der Waals surface area contributed by atoms with Gasteiger partial charge < -0.3 is 11.1 Å². The van der Waals surface area contributed by atoms with Gasteiger partial charge in [0.2, 0.25) is 11.0 Å². The van der Waals surface area contributed by atoms with Crippen molar-refractivity contribution in [3.05, 3.63) is 5.82 Å². The summed E-state index contributed by atoms with van der Waals surface area (Å²) >= 11 is 1.24. The highest BCUT2D eigenvalue weighted by atomic mass is 32.1. The summed E-state index contributed by atoms with van der Waals surface area (Å²) in [6.07, 6.45) is 0. The summed E-state index contributed by atoms with van der Waals surface area (Å²) in [5, 5.41) is 3.53. The highest BCUT2D eigenvalue weighted by Gasteiger charge is 2.12. The molecular formula is C8H14N4OS.